The van der Waals surface area contributed by atoms with Crippen LogP contribution in [0.1, 0.15) is 56.3 Å². The molecule has 5 nitrogen and oxygen atoms in total. The topological polar surface area (TPSA) is 73.6 Å². The summed E-state index contributed by atoms with van der Waals surface area (Å²) in [7, 11) is 0. The molecule has 1 aromatic rings. The summed E-state index contributed by atoms with van der Waals surface area (Å²) in [6.45, 7) is 5.76. The van der Waals surface area contributed by atoms with Gasteiger partial charge in [0.25, 0.3) is 5.91 Å². The Morgan fingerprint density at radius 1 is 1.21 bits per heavy atom. The van der Waals surface area contributed by atoms with Crippen molar-refractivity contribution in [1.82, 2.24) is 5.32 Å². The van der Waals surface area contributed by atoms with Crippen molar-refractivity contribution >= 4 is 5.91 Å². The molecule has 0 spiro atoms. The molecule has 0 aliphatic heterocycles. The number of rotatable bonds is 8. The average Bonchev–Trinajstić information content (AvgIpc) is 2.61. The lowest BCUT2D eigenvalue weighted by Gasteiger charge is -2.31. The molecular weight excluding hydrogens is 304 g/mol. The molecule has 0 radical (unpaired) electrons. The number of hydrogen-bond donors (Lipinski definition) is 2. The summed E-state index contributed by atoms with van der Waals surface area (Å²) in [5.74, 6) is 1.62. The quantitative estimate of drug-likeness (QED) is 0.766. The summed E-state index contributed by atoms with van der Waals surface area (Å²) in [6.07, 6.45) is 5.37. The number of ether oxygens (including phenoxy) is 2. The molecule has 0 bridgehead atoms. The van der Waals surface area contributed by atoms with E-state index in [1.165, 1.54) is 6.42 Å². The van der Waals surface area contributed by atoms with E-state index in [0.29, 0.717) is 42.7 Å². The maximum absolute atomic E-state index is 12.6. The molecule has 3 N–H and O–H groups in total. The van der Waals surface area contributed by atoms with Crippen LogP contribution in [-0.2, 0) is 0 Å². The zero-order valence-electron chi connectivity index (χ0n) is 14.8. The van der Waals surface area contributed by atoms with Crippen LogP contribution < -0.4 is 20.5 Å². The first-order valence-electron chi connectivity index (χ1n) is 9.10. The number of hydrogen-bond acceptors (Lipinski definition) is 4. The third-order valence-electron chi connectivity index (χ3n) is 4.50. The van der Waals surface area contributed by atoms with Gasteiger partial charge < -0.3 is 20.5 Å². The van der Waals surface area contributed by atoms with Gasteiger partial charge in [0.05, 0.1) is 13.2 Å². The molecule has 0 saturated heterocycles. The van der Waals surface area contributed by atoms with Gasteiger partial charge in [-0.2, -0.15) is 0 Å². The molecule has 1 amide bonds. The van der Waals surface area contributed by atoms with Gasteiger partial charge in [-0.3, -0.25) is 4.79 Å². The Balaban J connectivity index is 2.09. The van der Waals surface area contributed by atoms with Gasteiger partial charge in [-0.1, -0.05) is 19.8 Å². The second-order valence-electron chi connectivity index (χ2n) is 6.30. The fourth-order valence-corrected chi connectivity index (χ4v) is 3.18. The summed E-state index contributed by atoms with van der Waals surface area (Å²) < 4.78 is 11.3. The number of nitrogens with two attached hydrogens (primary N) is 1. The van der Waals surface area contributed by atoms with Crippen molar-refractivity contribution in [3.8, 4) is 11.5 Å². The molecule has 1 saturated carbocycles. The minimum absolute atomic E-state index is 0.0663. The lowest BCUT2D eigenvalue weighted by Crippen LogP contribution is -2.44. The maximum atomic E-state index is 12.6. The fraction of sp³-hybridized carbons (Fsp3) is 0.632. The highest BCUT2D eigenvalue weighted by Gasteiger charge is 2.26. The summed E-state index contributed by atoms with van der Waals surface area (Å²) in [5, 5.41) is 3.15. The highest BCUT2D eigenvalue weighted by molar-refractivity contribution is 5.95. The maximum Gasteiger partial charge on any atom is 0.251 e. The Kier molecular flexibility index (Phi) is 7.37. The van der Waals surface area contributed by atoms with Crippen molar-refractivity contribution in [2.45, 2.75) is 52.0 Å². The number of carbonyl (C=O) groups excluding carboxylic acids is 1. The zero-order chi connectivity index (χ0) is 17.4. The van der Waals surface area contributed by atoms with Gasteiger partial charge in [-0.25, -0.2) is 0 Å². The Labute approximate surface area is 144 Å². The molecule has 1 aromatic carbocycles. The summed E-state index contributed by atoms with van der Waals surface area (Å²) in [6, 6.07) is 5.55. The predicted octanol–water partition coefficient (Wildman–Crippen LogP) is 3.12. The van der Waals surface area contributed by atoms with E-state index < -0.39 is 0 Å². The van der Waals surface area contributed by atoms with Gasteiger partial charge in [0.2, 0.25) is 0 Å². The van der Waals surface area contributed by atoms with Gasteiger partial charge in [-0.15, -0.1) is 0 Å². The Hall–Kier alpha value is -1.75. The van der Waals surface area contributed by atoms with Gasteiger partial charge in [0.1, 0.15) is 0 Å². The first kappa shape index (κ1) is 18.6. The van der Waals surface area contributed by atoms with Crippen LogP contribution in [0.5, 0.6) is 11.5 Å². The number of carbonyl (C=O) groups is 1. The zero-order valence-corrected chi connectivity index (χ0v) is 14.8. The van der Waals surface area contributed by atoms with E-state index in [9.17, 15) is 4.79 Å². The van der Waals surface area contributed by atoms with E-state index >= 15 is 0 Å². The van der Waals surface area contributed by atoms with E-state index in [-0.39, 0.29) is 11.9 Å². The van der Waals surface area contributed by atoms with Crippen LogP contribution in [0.15, 0.2) is 18.2 Å². The standard InChI is InChI=1S/C19H30N2O3/c1-3-11-24-17-10-9-14(12-18(17)23-4-2)19(22)21-16-8-6-5-7-15(16)13-20/h9-10,12,15-16H,3-8,11,13,20H2,1-2H3,(H,21,22). The second kappa shape index (κ2) is 9.52. The minimum atomic E-state index is -0.0663. The number of amides is 1. The molecular formula is C19H30N2O3. The Morgan fingerprint density at radius 3 is 2.71 bits per heavy atom. The van der Waals surface area contributed by atoms with Gasteiger partial charge >= 0.3 is 0 Å². The molecule has 5 heteroatoms. The molecule has 24 heavy (non-hydrogen) atoms. The molecule has 2 atom stereocenters. The van der Waals surface area contributed by atoms with E-state index in [2.05, 4.69) is 12.2 Å². The Morgan fingerprint density at radius 2 is 2.00 bits per heavy atom. The number of nitrogens with one attached hydrogen (secondary N) is 1. The molecule has 0 heterocycles. The lowest BCUT2D eigenvalue weighted by molar-refractivity contribution is 0.0907. The second-order valence-corrected chi connectivity index (χ2v) is 6.30. The van der Waals surface area contributed by atoms with Crippen molar-refractivity contribution < 1.29 is 14.3 Å². The highest BCUT2D eigenvalue weighted by atomic mass is 16.5. The lowest BCUT2D eigenvalue weighted by atomic mass is 9.84. The van der Waals surface area contributed by atoms with Gasteiger partial charge in [0.15, 0.2) is 11.5 Å². The van der Waals surface area contributed by atoms with Crippen LogP contribution in [0.2, 0.25) is 0 Å². The van der Waals surface area contributed by atoms with Crippen molar-refractivity contribution in [3.05, 3.63) is 23.8 Å². The predicted molar refractivity (Wildman–Crippen MR) is 95.7 cm³/mol. The molecule has 2 unspecified atom stereocenters. The van der Waals surface area contributed by atoms with Crippen molar-refractivity contribution in [1.29, 1.82) is 0 Å². The molecule has 134 valence electrons. The van der Waals surface area contributed by atoms with Gasteiger partial charge in [-0.05, 0) is 56.8 Å². The van der Waals surface area contributed by atoms with E-state index in [1.807, 2.05) is 13.0 Å². The van der Waals surface area contributed by atoms with E-state index in [1.54, 1.807) is 12.1 Å². The molecule has 0 aromatic heterocycles. The molecule has 1 aliphatic carbocycles. The van der Waals surface area contributed by atoms with Crippen molar-refractivity contribution in [2.75, 3.05) is 19.8 Å². The van der Waals surface area contributed by atoms with Crippen LogP contribution in [0.3, 0.4) is 0 Å². The summed E-state index contributed by atoms with van der Waals surface area (Å²) in [5.41, 5.74) is 6.45. The smallest absolute Gasteiger partial charge is 0.251 e. The van der Waals surface area contributed by atoms with Gasteiger partial charge in [0, 0.05) is 11.6 Å². The monoisotopic (exact) mass is 334 g/mol. The Bertz CT molecular complexity index is 533. The minimum Gasteiger partial charge on any atom is -0.490 e. The van der Waals surface area contributed by atoms with Crippen molar-refractivity contribution in [3.63, 3.8) is 0 Å². The summed E-state index contributed by atoms with van der Waals surface area (Å²) >= 11 is 0. The molecule has 2 rings (SSSR count). The van der Waals surface area contributed by atoms with E-state index in [0.717, 1.165) is 25.7 Å². The van der Waals surface area contributed by atoms with Crippen LogP contribution in [0.4, 0.5) is 0 Å². The molecule has 1 aliphatic rings. The van der Waals surface area contributed by atoms with Crippen LogP contribution in [-0.4, -0.2) is 31.7 Å². The molecule has 1 fully saturated rings. The first-order chi connectivity index (χ1) is 11.7. The van der Waals surface area contributed by atoms with E-state index in [4.69, 9.17) is 15.2 Å². The largest absolute Gasteiger partial charge is 0.490 e. The van der Waals surface area contributed by atoms with Crippen LogP contribution >= 0.6 is 0 Å². The first-order valence-corrected chi connectivity index (χ1v) is 9.10. The fourth-order valence-electron chi connectivity index (χ4n) is 3.18. The highest BCUT2D eigenvalue weighted by Crippen LogP contribution is 2.29. The normalized spacial score (nSPS) is 20.5. The average molecular weight is 334 g/mol. The summed E-state index contributed by atoms with van der Waals surface area (Å²) in [4.78, 5) is 12.6. The third-order valence-corrected chi connectivity index (χ3v) is 4.50. The third kappa shape index (κ3) is 4.87. The van der Waals surface area contributed by atoms with Crippen LogP contribution in [0.25, 0.3) is 0 Å². The number of benzene rings is 1. The van der Waals surface area contributed by atoms with Crippen LogP contribution in [0, 0.1) is 5.92 Å². The van der Waals surface area contributed by atoms with Crippen molar-refractivity contribution in [2.24, 2.45) is 11.7 Å². The SMILES string of the molecule is CCCOc1ccc(C(=O)NC2CCCCC2CN)cc1OCC.